The van der Waals surface area contributed by atoms with E-state index in [2.05, 4.69) is 6.58 Å². The van der Waals surface area contributed by atoms with Crippen molar-refractivity contribution < 1.29 is 19.0 Å². The third kappa shape index (κ3) is 6.36. The monoisotopic (exact) mass is 450 g/mol. The summed E-state index contributed by atoms with van der Waals surface area (Å²) in [6, 6.07) is 30.9. The van der Waals surface area contributed by atoms with Gasteiger partial charge in [0.05, 0.1) is 0 Å². The molecule has 0 aromatic heterocycles. The van der Waals surface area contributed by atoms with E-state index < -0.39 is 0 Å². The van der Waals surface area contributed by atoms with Gasteiger partial charge < -0.3 is 14.2 Å². The smallest absolute Gasteiger partial charge is 0.150 e. The number of hydrogen-bond acceptors (Lipinski definition) is 4. The number of aldehydes is 1. The average molecular weight is 451 g/mol. The summed E-state index contributed by atoms with van der Waals surface area (Å²) >= 11 is 0. The van der Waals surface area contributed by atoms with Gasteiger partial charge in [0, 0.05) is 5.56 Å². The van der Waals surface area contributed by atoms with Crippen molar-refractivity contribution in [1.82, 2.24) is 0 Å². The molecule has 0 N–H and O–H groups in total. The van der Waals surface area contributed by atoms with Gasteiger partial charge >= 0.3 is 0 Å². The van der Waals surface area contributed by atoms with Crippen LogP contribution in [0.15, 0.2) is 104 Å². The highest BCUT2D eigenvalue weighted by atomic mass is 16.5. The lowest BCUT2D eigenvalue weighted by Gasteiger charge is -2.11. The van der Waals surface area contributed by atoms with E-state index in [0.29, 0.717) is 25.4 Å². The Balaban J connectivity index is 1.23. The van der Waals surface area contributed by atoms with Gasteiger partial charge in [-0.2, -0.15) is 0 Å². The zero-order valence-corrected chi connectivity index (χ0v) is 18.9. The van der Waals surface area contributed by atoms with Crippen LogP contribution in [-0.2, 0) is 19.8 Å². The highest BCUT2D eigenvalue weighted by molar-refractivity contribution is 5.74. The Morgan fingerprint density at radius 3 is 1.56 bits per heavy atom. The molecular weight excluding hydrogens is 424 g/mol. The highest BCUT2D eigenvalue weighted by Gasteiger charge is 2.02. The summed E-state index contributed by atoms with van der Waals surface area (Å²) in [4.78, 5) is 10.7. The van der Waals surface area contributed by atoms with Crippen molar-refractivity contribution in [3.05, 3.63) is 131 Å². The first-order valence-corrected chi connectivity index (χ1v) is 11.1. The van der Waals surface area contributed by atoms with Gasteiger partial charge in [0.15, 0.2) is 0 Å². The molecule has 4 aromatic carbocycles. The molecule has 0 radical (unpaired) electrons. The van der Waals surface area contributed by atoms with Crippen LogP contribution >= 0.6 is 0 Å². The van der Waals surface area contributed by atoms with Crippen LogP contribution in [0, 0.1) is 0 Å². The molecule has 4 rings (SSSR count). The van der Waals surface area contributed by atoms with Crippen molar-refractivity contribution in [3.8, 4) is 17.2 Å². The van der Waals surface area contributed by atoms with E-state index in [1.807, 2.05) is 78.9 Å². The highest BCUT2D eigenvalue weighted by Crippen LogP contribution is 2.20. The van der Waals surface area contributed by atoms with Gasteiger partial charge in [-0.15, -0.1) is 0 Å². The minimum Gasteiger partial charge on any atom is -0.489 e. The quantitative estimate of drug-likeness (QED) is 0.234. The van der Waals surface area contributed by atoms with Gasteiger partial charge in [0.1, 0.15) is 43.4 Å². The van der Waals surface area contributed by atoms with E-state index in [4.69, 9.17) is 14.2 Å². The van der Waals surface area contributed by atoms with E-state index in [0.717, 1.165) is 45.8 Å². The first kappa shape index (κ1) is 22.9. The molecule has 4 aromatic rings. The summed E-state index contributed by atoms with van der Waals surface area (Å²) < 4.78 is 17.6. The van der Waals surface area contributed by atoms with Gasteiger partial charge in [0.25, 0.3) is 0 Å². The fourth-order valence-electron chi connectivity index (χ4n) is 3.37. The molecule has 0 aliphatic carbocycles. The van der Waals surface area contributed by atoms with Crippen LogP contribution in [0.5, 0.6) is 17.2 Å². The lowest BCUT2D eigenvalue weighted by molar-refractivity contribution is 0.112. The first-order valence-electron chi connectivity index (χ1n) is 11.1. The standard InChI is InChI=1S/C30H26O4/c1-2-26-5-3-4-6-27(26)22-34-30-17-11-25(12-18-30)21-33-29-15-9-24(10-16-29)20-32-28-13-7-23(19-31)8-14-28/h2-19H,1,20-22H2. The Bertz CT molecular complexity index is 1210. The van der Waals surface area contributed by atoms with E-state index in [1.54, 1.807) is 24.3 Å². The number of hydrogen-bond donors (Lipinski definition) is 0. The lowest BCUT2D eigenvalue weighted by Crippen LogP contribution is -1.99. The van der Waals surface area contributed by atoms with Gasteiger partial charge in [-0.3, -0.25) is 4.79 Å². The molecule has 0 saturated carbocycles. The predicted molar refractivity (Wildman–Crippen MR) is 134 cm³/mol. The van der Waals surface area contributed by atoms with Gasteiger partial charge in [-0.1, -0.05) is 61.2 Å². The second kappa shape index (κ2) is 11.5. The molecule has 0 fully saturated rings. The molecule has 4 nitrogen and oxygen atoms in total. The Labute approximate surface area is 200 Å². The third-order valence-corrected chi connectivity index (χ3v) is 5.34. The van der Waals surface area contributed by atoms with Crippen molar-refractivity contribution in [2.75, 3.05) is 0 Å². The Kier molecular flexibility index (Phi) is 7.75. The van der Waals surface area contributed by atoms with Crippen molar-refractivity contribution in [3.63, 3.8) is 0 Å². The lowest BCUT2D eigenvalue weighted by atomic mass is 10.1. The summed E-state index contributed by atoms with van der Waals surface area (Å²) in [6.07, 6.45) is 2.66. The van der Waals surface area contributed by atoms with Crippen molar-refractivity contribution >= 4 is 12.4 Å². The first-order chi connectivity index (χ1) is 16.7. The molecule has 34 heavy (non-hydrogen) atoms. The molecule has 0 heterocycles. The third-order valence-electron chi connectivity index (χ3n) is 5.34. The van der Waals surface area contributed by atoms with Crippen LogP contribution in [0.2, 0.25) is 0 Å². The number of carbonyl (C=O) groups excluding carboxylic acids is 1. The SMILES string of the molecule is C=Cc1ccccc1COc1ccc(COc2ccc(COc3ccc(C=O)cc3)cc2)cc1. The number of ether oxygens (including phenoxy) is 3. The zero-order valence-electron chi connectivity index (χ0n) is 18.9. The molecular formula is C30H26O4. The summed E-state index contributed by atoms with van der Waals surface area (Å²) in [5.41, 5.74) is 4.91. The molecule has 4 heteroatoms. The van der Waals surface area contributed by atoms with Crippen LogP contribution < -0.4 is 14.2 Å². The van der Waals surface area contributed by atoms with E-state index >= 15 is 0 Å². The average Bonchev–Trinajstić information content (AvgIpc) is 2.91. The summed E-state index contributed by atoms with van der Waals surface area (Å²) in [5.74, 6) is 2.33. The minimum atomic E-state index is 0.444. The Morgan fingerprint density at radius 2 is 1.06 bits per heavy atom. The fourth-order valence-corrected chi connectivity index (χ4v) is 3.37. The van der Waals surface area contributed by atoms with Crippen molar-refractivity contribution in [1.29, 1.82) is 0 Å². The van der Waals surface area contributed by atoms with E-state index in [1.165, 1.54) is 0 Å². The zero-order chi connectivity index (χ0) is 23.6. The fraction of sp³-hybridized carbons (Fsp3) is 0.100. The van der Waals surface area contributed by atoms with Crippen LogP contribution in [0.1, 0.15) is 32.6 Å². The largest absolute Gasteiger partial charge is 0.489 e. The van der Waals surface area contributed by atoms with E-state index in [-0.39, 0.29) is 0 Å². The maximum absolute atomic E-state index is 10.7. The molecule has 0 spiro atoms. The second-order valence-corrected chi connectivity index (χ2v) is 7.74. The van der Waals surface area contributed by atoms with E-state index in [9.17, 15) is 4.79 Å². The maximum atomic E-state index is 10.7. The van der Waals surface area contributed by atoms with Crippen LogP contribution in [0.4, 0.5) is 0 Å². The second-order valence-electron chi connectivity index (χ2n) is 7.74. The molecule has 0 unspecified atom stereocenters. The number of rotatable bonds is 11. The minimum absolute atomic E-state index is 0.444. The molecule has 0 saturated heterocycles. The normalized spacial score (nSPS) is 10.4. The molecule has 0 bridgehead atoms. The number of carbonyl (C=O) groups is 1. The Morgan fingerprint density at radius 1 is 0.588 bits per heavy atom. The van der Waals surface area contributed by atoms with Gasteiger partial charge in [-0.25, -0.2) is 0 Å². The van der Waals surface area contributed by atoms with Crippen LogP contribution in [0.25, 0.3) is 6.08 Å². The molecule has 0 atom stereocenters. The van der Waals surface area contributed by atoms with Crippen LogP contribution in [0.3, 0.4) is 0 Å². The number of benzene rings is 4. The van der Waals surface area contributed by atoms with Gasteiger partial charge in [-0.05, 0) is 70.8 Å². The summed E-state index contributed by atoms with van der Waals surface area (Å²) in [6.45, 7) is 5.26. The predicted octanol–water partition coefficient (Wildman–Crippen LogP) is 6.88. The molecule has 170 valence electrons. The van der Waals surface area contributed by atoms with Crippen molar-refractivity contribution in [2.24, 2.45) is 0 Å². The molecule has 0 aliphatic heterocycles. The molecule has 0 aliphatic rings. The molecule has 0 amide bonds. The topological polar surface area (TPSA) is 44.8 Å². The Hall–Kier alpha value is -4.31. The maximum Gasteiger partial charge on any atom is 0.150 e. The summed E-state index contributed by atoms with van der Waals surface area (Å²) in [7, 11) is 0. The van der Waals surface area contributed by atoms with Crippen LogP contribution in [-0.4, -0.2) is 6.29 Å². The summed E-state index contributed by atoms with van der Waals surface area (Å²) in [5, 5.41) is 0. The van der Waals surface area contributed by atoms with Crippen molar-refractivity contribution in [2.45, 2.75) is 19.8 Å². The van der Waals surface area contributed by atoms with Gasteiger partial charge in [0.2, 0.25) is 0 Å².